The van der Waals surface area contributed by atoms with Crippen LogP contribution in [0.5, 0.6) is 0 Å². The Kier molecular flexibility index (Phi) is 5.22. The van der Waals surface area contributed by atoms with Crippen LogP contribution in [0.2, 0.25) is 0 Å². The second-order valence-electron chi connectivity index (χ2n) is 5.62. The van der Waals surface area contributed by atoms with Crippen LogP contribution in [0.3, 0.4) is 0 Å². The normalized spacial score (nSPS) is 20.2. The largest absolute Gasteiger partial charge is 0.392 e. The number of rotatable bonds is 6. The number of hydrogen-bond donors (Lipinski definition) is 2. The fourth-order valence-electron chi connectivity index (χ4n) is 2.81. The van der Waals surface area contributed by atoms with E-state index in [0.717, 1.165) is 12.3 Å². The monoisotopic (exact) mass is 267 g/mol. The minimum absolute atomic E-state index is 0.184. The van der Waals surface area contributed by atoms with Crippen molar-refractivity contribution < 1.29 is 5.11 Å². The molecule has 0 amide bonds. The third kappa shape index (κ3) is 4.08. The van der Waals surface area contributed by atoms with Crippen LogP contribution in [0.25, 0.3) is 0 Å². The summed E-state index contributed by atoms with van der Waals surface area (Å²) in [7, 11) is 0. The molecule has 0 aliphatic heterocycles. The number of nitrogens with one attached hydrogen (secondary N) is 1. The van der Waals surface area contributed by atoms with Crippen molar-refractivity contribution in [3.05, 3.63) is 21.9 Å². The van der Waals surface area contributed by atoms with Gasteiger partial charge < -0.3 is 10.4 Å². The Bertz CT molecular complexity index is 357. The predicted octanol–water partition coefficient (Wildman–Crippen LogP) is 3.65. The van der Waals surface area contributed by atoms with Gasteiger partial charge in [-0.3, -0.25) is 0 Å². The number of hydrogen-bond acceptors (Lipinski definition) is 3. The van der Waals surface area contributed by atoms with Gasteiger partial charge in [-0.05, 0) is 38.3 Å². The zero-order chi connectivity index (χ0) is 13.0. The van der Waals surface area contributed by atoms with Crippen molar-refractivity contribution in [2.24, 2.45) is 5.92 Å². The Labute approximate surface area is 114 Å². The summed E-state index contributed by atoms with van der Waals surface area (Å²) in [5.41, 5.74) is 0. The lowest BCUT2D eigenvalue weighted by Gasteiger charge is -2.18. The molecule has 1 aliphatic rings. The van der Waals surface area contributed by atoms with Crippen LogP contribution in [0, 0.1) is 12.8 Å². The summed E-state index contributed by atoms with van der Waals surface area (Å²) in [6, 6.07) is 4.69. The molecule has 0 bridgehead atoms. The first-order valence-corrected chi connectivity index (χ1v) is 7.94. The molecule has 1 heterocycles. The minimum Gasteiger partial charge on any atom is -0.392 e. The van der Waals surface area contributed by atoms with Crippen molar-refractivity contribution in [1.29, 1.82) is 0 Å². The number of aryl methyl sites for hydroxylation is 1. The van der Waals surface area contributed by atoms with Gasteiger partial charge in [0.25, 0.3) is 0 Å². The van der Waals surface area contributed by atoms with E-state index in [1.807, 2.05) is 11.3 Å². The summed E-state index contributed by atoms with van der Waals surface area (Å²) < 4.78 is 0. The smallest absolute Gasteiger partial charge is 0.0667 e. The van der Waals surface area contributed by atoms with Gasteiger partial charge in [0.05, 0.1) is 6.10 Å². The lowest BCUT2D eigenvalue weighted by atomic mass is 10.00. The van der Waals surface area contributed by atoms with Crippen LogP contribution >= 0.6 is 11.3 Å². The molecule has 2 rings (SSSR count). The van der Waals surface area contributed by atoms with E-state index in [2.05, 4.69) is 31.3 Å². The van der Waals surface area contributed by atoms with Gasteiger partial charge in [0, 0.05) is 22.3 Å². The highest BCUT2D eigenvalue weighted by Crippen LogP contribution is 2.28. The Morgan fingerprint density at radius 3 is 2.72 bits per heavy atom. The first-order valence-electron chi connectivity index (χ1n) is 7.13. The molecule has 2 N–H and O–H groups in total. The van der Waals surface area contributed by atoms with Gasteiger partial charge in [0.15, 0.2) is 0 Å². The Morgan fingerprint density at radius 1 is 1.39 bits per heavy atom. The van der Waals surface area contributed by atoms with Crippen molar-refractivity contribution in [3.8, 4) is 0 Å². The van der Waals surface area contributed by atoms with E-state index in [1.165, 1.54) is 35.4 Å². The summed E-state index contributed by atoms with van der Waals surface area (Å²) in [4.78, 5) is 2.71. The van der Waals surface area contributed by atoms with Gasteiger partial charge in [-0.2, -0.15) is 0 Å². The second-order valence-corrected chi connectivity index (χ2v) is 6.94. The maximum absolute atomic E-state index is 10.1. The van der Waals surface area contributed by atoms with Gasteiger partial charge in [-0.15, -0.1) is 11.3 Å². The zero-order valence-electron chi connectivity index (χ0n) is 11.5. The highest BCUT2D eigenvalue weighted by Gasteiger charge is 2.19. The molecule has 0 saturated heterocycles. The van der Waals surface area contributed by atoms with Crippen molar-refractivity contribution in [2.45, 2.75) is 58.1 Å². The van der Waals surface area contributed by atoms with E-state index >= 15 is 0 Å². The van der Waals surface area contributed by atoms with Crippen LogP contribution in [0.4, 0.5) is 0 Å². The third-order valence-corrected chi connectivity index (χ3v) is 5.11. The van der Waals surface area contributed by atoms with Crippen molar-refractivity contribution in [2.75, 3.05) is 6.54 Å². The maximum atomic E-state index is 10.1. The SMILES string of the molecule is Cc1ccc(C(C)NCC(O)CC2CCCC2)s1. The molecule has 2 nitrogen and oxygen atoms in total. The van der Waals surface area contributed by atoms with Gasteiger partial charge in [0.1, 0.15) is 0 Å². The summed E-state index contributed by atoms with van der Waals surface area (Å²) in [5.74, 6) is 0.765. The summed E-state index contributed by atoms with van der Waals surface area (Å²) in [6.45, 7) is 5.03. The molecule has 18 heavy (non-hydrogen) atoms. The second kappa shape index (κ2) is 6.69. The lowest BCUT2D eigenvalue weighted by molar-refractivity contribution is 0.138. The number of aliphatic hydroxyl groups excluding tert-OH is 1. The van der Waals surface area contributed by atoms with Crippen molar-refractivity contribution in [1.82, 2.24) is 5.32 Å². The van der Waals surface area contributed by atoms with E-state index < -0.39 is 0 Å². The third-order valence-electron chi connectivity index (χ3n) is 3.93. The van der Waals surface area contributed by atoms with Crippen molar-refractivity contribution in [3.63, 3.8) is 0 Å². The Hall–Kier alpha value is -0.380. The average molecular weight is 267 g/mol. The van der Waals surface area contributed by atoms with Crippen LogP contribution in [-0.2, 0) is 0 Å². The maximum Gasteiger partial charge on any atom is 0.0667 e. The molecule has 3 heteroatoms. The molecule has 1 aliphatic carbocycles. The van der Waals surface area contributed by atoms with E-state index in [9.17, 15) is 5.11 Å². The molecular weight excluding hydrogens is 242 g/mol. The van der Waals surface area contributed by atoms with Gasteiger partial charge in [-0.1, -0.05) is 25.7 Å². The summed E-state index contributed by atoms with van der Waals surface area (Å²) in [5, 5.41) is 13.5. The molecule has 102 valence electrons. The Balaban J connectivity index is 1.70. The molecule has 1 aromatic heterocycles. The van der Waals surface area contributed by atoms with Crippen LogP contribution in [0.15, 0.2) is 12.1 Å². The molecule has 2 atom stereocenters. The zero-order valence-corrected chi connectivity index (χ0v) is 12.3. The Morgan fingerprint density at radius 2 is 2.11 bits per heavy atom. The molecule has 1 saturated carbocycles. The van der Waals surface area contributed by atoms with Gasteiger partial charge in [0.2, 0.25) is 0 Å². The first kappa shape index (κ1) is 14.0. The van der Waals surface area contributed by atoms with E-state index in [-0.39, 0.29) is 6.10 Å². The first-order chi connectivity index (χ1) is 8.65. The fourth-order valence-corrected chi connectivity index (χ4v) is 3.72. The number of aliphatic hydroxyl groups is 1. The van der Waals surface area contributed by atoms with Crippen LogP contribution in [-0.4, -0.2) is 17.8 Å². The predicted molar refractivity (Wildman–Crippen MR) is 78.1 cm³/mol. The molecule has 1 fully saturated rings. The molecule has 1 aromatic rings. The van der Waals surface area contributed by atoms with Crippen LogP contribution < -0.4 is 5.32 Å². The van der Waals surface area contributed by atoms with E-state index in [4.69, 9.17) is 0 Å². The summed E-state index contributed by atoms with van der Waals surface area (Å²) >= 11 is 1.84. The molecule has 2 unspecified atom stereocenters. The highest BCUT2D eigenvalue weighted by atomic mass is 32.1. The number of thiophene rings is 1. The topological polar surface area (TPSA) is 32.3 Å². The molecule has 0 aromatic carbocycles. The lowest BCUT2D eigenvalue weighted by Crippen LogP contribution is -2.30. The summed E-state index contributed by atoms with van der Waals surface area (Å²) in [6.07, 6.45) is 6.14. The van der Waals surface area contributed by atoms with E-state index in [0.29, 0.717) is 12.6 Å². The quantitative estimate of drug-likeness (QED) is 0.824. The molecular formula is C15H25NOS. The van der Waals surface area contributed by atoms with Gasteiger partial charge >= 0.3 is 0 Å². The van der Waals surface area contributed by atoms with Crippen LogP contribution in [0.1, 0.15) is 54.8 Å². The fraction of sp³-hybridized carbons (Fsp3) is 0.733. The highest BCUT2D eigenvalue weighted by molar-refractivity contribution is 7.12. The van der Waals surface area contributed by atoms with Crippen molar-refractivity contribution >= 4 is 11.3 Å². The standard InChI is InChI=1S/C15H25NOS/c1-11-7-8-15(18-11)12(2)16-10-14(17)9-13-5-3-4-6-13/h7-8,12-14,16-17H,3-6,9-10H2,1-2H3. The van der Waals surface area contributed by atoms with E-state index in [1.54, 1.807) is 0 Å². The average Bonchev–Trinajstić information content (AvgIpc) is 2.97. The molecule has 0 spiro atoms. The minimum atomic E-state index is -0.184. The molecule has 0 radical (unpaired) electrons. The van der Waals surface area contributed by atoms with Gasteiger partial charge in [-0.25, -0.2) is 0 Å².